The van der Waals surface area contributed by atoms with E-state index in [1.54, 1.807) is 27.4 Å². The van der Waals surface area contributed by atoms with Gasteiger partial charge >= 0.3 is 0 Å². The molecule has 3 atom stereocenters. The maximum atomic E-state index is 12.8. The first kappa shape index (κ1) is 19.3. The molecule has 1 aromatic carbocycles. The van der Waals surface area contributed by atoms with Gasteiger partial charge in [0, 0.05) is 12.5 Å². The fourth-order valence-electron chi connectivity index (χ4n) is 3.69. The minimum atomic E-state index is -0.482. The summed E-state index contributed by atoms with van der Waals surface area (Å²) < 4.78 is 16.2. The van der Waals surface area contributed by atoms with E-state index in [1.807, 2.05) is 30.4 Å². The van der Waals surface area contributed by atoms with Crippen molar-refractivity contribution in [1.29, 1.82) is 0 Å². The van der Waals surface area contributed by atoms with Crippen molar-refractivity contribution in [3.8, 4) is 11.5 Å². The first-order valence-electron chi connectivity index (χ1n) is 8.58. The lowest BCUT2D eigenvalue weighted by Gasteiger charge is -2.40. The summed E-state index contributed by atoms with van der Waals surface area (Å²) in [6.45, 7) is 6.00. The highest BCUT2D eigenvalue weighted by Crippen LogP contribution is 2.43. The van der Waals surface area contributed by atoms with Crippen LogP contribution in [0.25, 0.3) is 0 Å². The molecule has 1 aliphatic carbocycles. The zero-order valence-electron chi connectivity index (χ0n) is 15.6. The molecular formula is C21H28O4. The average Bonchev–Trinajstić information content (AvgIpc) is 2.63. The third kappa shape index (κ3) is 3.96. The number of hydrogen-bond acceptors (Lipinski definition) is 4. The maximum Gasteiger partial charge on any atom is 0.162 e. The summed E-state index contributed by atoms with van der Waals surface area (Å²) in [5, 5.41) is 0. The highest BCUT2D eigenvalue weighted by Gasteiger charge is 2.44. The van der Waals surface area contributed by atoms with Gasteiger partial charge in [0.1, 0.15) is 0 Å². The van der Waals surface area contributed by atoms with Gasteiger partial charge in [0.05, 0.1) is 20.3 Å². The minimum absolute atomic E-state index is 0.0366. The Kier molecular flexibility index (Phi) is 6.43. The van der Waals surface area contributed by atoms with Crippen LogP contribution in [0.3, 0.4) is 0 Å². The zero-order valence-corrected chi connectivity index (χ0v) is 15.6. The van der Waals surface area contributed by atoms with Gasteiger partial charge in [-0.3, -0.25) is 4.79 Å². The molecule has 136 valence electrons. The Morgan fingerprint density at radius 3 is 2.60 bits per heavy atom. The Labute approximate surface area is 150 Å². The smallest absolute Gasteiger partial charge is 0.162 e. The van der Waals surface area contributed by atoms with E-state index in [0.29, 0.717) is 24.3 Å². The number of methoxy groups -OCH3 is 3. The van der Waals surface area contributed by atoms with Crippen molar-refractivity contribution >= 4 is 5.78 Å². The van der Waals surface area contributed by atoms with Gasteiger partial charge in [-0.25, -0.2) is 0 Å². The molecule has 25 heavy (non-hydrogen) atoms. The van der Waals surface area contributed by atoms with Gasteiger partial charge in [-0.2, -0.15) is 0 Å². The Hall–Kier alpha value is -2.07. The third-order valence-corrected chi connectivity index (χ3v) is 5.26. The van der Waals surface area contributed by atoms with Gasteiger partial charge < -0.3 is 14.2 Å². The van der Waals surface area contributed by atoms with Gasteiger partial charge in [0.15, 0.2) is 17.3 Å². The van der Waals surface area contributed by atoms with Crippen LogP contribution in [-0.2, 0) is 16.0 Å². The number of allylic oxidation sites excluding steroid dienone is 2. The average molecular weight is 344 g/mol. The standard InChI is InChI=1S/C21H28O4/c1-6-11-21(14-17(23-3)8-10-20(21)22)15(2)12-16-7-9-18(24-4)19(13-16)25-5/h6-10,13,15,17H,1,11-12,14H2,2-5H3. The van der Waals surface area contributed by atoms with Crippen LogP contribution < -0.4 is 9.47 Å². The molecule has 0 amide bonds. The molecule has 0 saturated carbocycles. The molecule has 0 radical (unpaired) electrons. The van der Waals surface area contributed by atoms with Crippen LogP contribution in [0.1, 0.15) is 25.3 Å². The van der Waals surface area contributed by atoms with E-state index in [9.17, 15) is 4.79 Å². The van der Waals surface area contributed by atoms with E-state index >= 15 is 0 Å². The van der Waals surface area contributed by atoms with Crippen LogP contribution in [0.5, 0.6) is 11.5 Å². The fraction of sp³-hybridized carbons (Fsp3) is 0.476. The second-order valence-electron chi connectivity index (χ2n) is 6.65. The quantitative estimate of drug-likeness (QED) is 0.669. The Balaban J connectivity index is 2.29. The SMILES string of the molecule is C=CCC1(C(C)Cc2ccc(OC)c(OC)c2)CC(OC)C=CC1=O. The van der Waals surface area contributed by atoms with Crippen LogP contribution in [0.2, 0.25) is 0 Å². The summed E-state index contributed by atoms with van der Waals surface area (Å²) >= 11 is 0. The van der Waals surface area contributed by atoms with Gasteiger partial charge in [-0.1, -0.05) is 25.1 Å². The molecule has 0 fully saturated rings. The summed E-state index contributed by atoms with van der Waals surface area (Å²) in [5.74, 6) is 1.71. The fourth-order valence-corrected chi connectivity index (χ4v) is 3.69. The van der Waals surface area contributed by atoms with E-state index < -0.39 is 5.41 Å². The van der Waals surface area contributed by atoms with Gasteiger partial charge in [0.25, 0.3) is 0 Å². The van der Waals surface area contributed by atoms with E-state index in [4.69, 9.17) is 14.2 Å². The number of ether oxygens (including phenoxy) is 3. The third-order valence-electron chi connectivity index (χ3n) is 5.26. The number of carbonyl (C=O) groups is 1. The van der Waals surface area contributed by atoms with Crippen LogP contribution in [0.15, 0.2) is 43.0 Å². The first-order chi connectivity index (χ1) is 12.0. The van der Waals surface area contributed by atoms with Crippen LogP contribution in [0, 0.1) is 11.3 Å². The number of hydrogen-bond donors (Lipinski definition) is 0. The lowest BCUT2D eigenvalue weighted by Crippen LogP contribution is -2.43. The van der Waals surface area contributed by atoms with Crippen molar-refractivity contribution < 1.29 is 19.0 Å². The van der Waals surface area contributed by atoms with E-state index in [0.717, 1.165) is 12.0 Å². The Morgan fingerprint density at radius 2 is 2.00 bits per heavy atom. The molecule has 1 aliphatic rings. The summed E-state index contributed by atoms with van der Waals surface area (Å²) in [7, 11) is 4.93. The lowest BCUT2D eigenvalue weighted by atomic mass is 9.63. The Morgan fingerprint density at radius 1 is 1.28 bits per heavy atom. The van der Waals surface area contributed by atoms with Crippen molar-refractivity contribution in [2.75, 3.05) is 21.3 Å². The van der Waals surface area contributed by atoms with Crippen LogP contribution in [-0.4, -0.2) is 33.2 Å². The molecule has 0 bridgehead atoms. The summed E-state index contributed by atoms with van der Waals surface area (Å²) in [6, 6.07) is 5.91. The van der Waals surface area contributed by atoms with Gasteiger partial charge in [0.2, 0.25) is 0 Å². The van der Waals surface area contributed by atoms with Crippen molar-refractivity contribution in [1.82, 2.24) is 0 Å². The molecule has 3 unspecified atom stereocenters. The van der Waals surface area contributed by atoms with Crippen molar-refractivity contribution in [2.45, 2.75) is 32.3 Å². The predicted molar refractivity (Wildman–Crippen MR) is 99.2 cm³/mol. The second kappa shape index (κ2) is 8.34. The highest BCUT2D eigenvalue weighted by molar-refractivity contribution is 5.96. The molecule has 4 heteroatoms. The van der Waals surface area contributed by atoms with Crippen molar-refractivity contribution in [2.24, 2.45) is 11.3 Å². The summed E-state index contributed by atoms with van der Waals surface area (Å²) in [4.78, 5) is 12.8. The number of benzene rings is 1. The van der Waals surface area contributed by atoms with Crippen molar-refractivity contribution in [3.05, 3.63) is 48.6 Å². The van der Waals surface area contributed by atoms with Crippen LogP contribution >= 0.6 is 0 Å². The largest absolute Gasteiger partial charge is 0.493 e. The first-order valence-corrected chi connectivity index (χ1v) is 8.58. The van der Waals surface area contributed by atoms with Crippen LogP contribution in [0.4, 0.5) is 0 Å². The van der Waals surface area contributed by atoms with Gasteiger partial charge in [-0.15, -0.1) is 6.58 Å². The molecule has 1 aromatic rings. The molecule has 0 N–H and O–H groups in total. The number of ketones is 1. The summed E-state index contributed by atoms with van der Waals surface area (Å²) in [5.41, 5.74) is 0.634. The molecule has 0 aromatic heterocycles. The maximum absolute atomic E-state index is 12.8. The second-order valence-corrected chi connectivity index (χ2v) is 6.65. The monoisotopic (exact) mass is 344 g/mol. The molecule has 4 nitrogen and oxygen atoms in total. The Bertz CT molecular complexity index is 649. The number of rotatable bonds is 8. The van der Waals surface area contributed by atoms with E-state index in [-0.39, 0.29) is 17.8 Å². The molecular weight excluding hydrogens is 316 g/mol. The molecule has 0 aliphatic heterocycles. The number of carbonyl (C=O) groups excluding carboxylic acids is 1. The van der Waals surface area contributed by atoms with E-state index in [2.05, 4.69) is 13.5 Å². The summed E-state index contributed by atoms with van der Waals surface area (Å²) in [6.07, 6.45) is 7.42. The van der Waals surface area contributed by atoms with Gasteiger partial charge in [-0.05, 0) is 49.0 Å². The molecule has 0 spiro atoms. The predicted octanol–water partition coefficient (Wildman–Crippen LogP) is 3.99. The zero-order chi connectivity index (χ0) is 18.4. The molecule has 2 rings (SSSR count). The molecule has 0 saturated heterocycles. The highest BCUT2D eigenvalue weighted by atomic mass is 16.5. The lowest BCUT2D eigenvalue weighted by molar-refractivity contribution is -0.130. The molecule has 0 heterocycles. The topological polar surface area (TPSA) is 44.8 Å². The van der Waals surface area contributed by atoms with Crippen molar-refractivity contribution in [3.63, 3.8) is 0 Å². The normalized spacial score (nSPS) is 24.0. The van der Waals surface area contributed by atoms with E-state index in [1.165, 1.54) is 0 Å². The minimum Gasteiger partial charge on any atom is -0.493 e.